The van der Waals surface area contributed by atoms with E-state index in [0.717, 1.165) is 11.3 Å². The number of H-pyrrole nitrogens is 1. The van der Waals surface area contributed by atoms with Gasteiger partial charge in [-0.3, -0.25) is 9.36 Å². The van der Waals surface area contributed by atoms with E-state index < -0.39 is 12.0 Å². The van der Waals surface area contributed by atoms with Crippen molar-refractivity contribution in [3.8, 4) is 11.5 Å². The molecule has 1 atom stereocenters. The Hall–Kier alpha value is -4.37. The van der Waals surface area contributed by atoms with Crippen molar-refractivity contribution in [3.05, 3.63) is 109 Å². The van der Waals surface area contributed by atoms with Gasteiger partial charge in [0.25, 0.3) is 5.56 Å². The molecular weight excluding hydrogens is 490 g/mol. The number of hydrogen-bond donors (Lipinski definition) is 1. The van der Waals surface area contributed by atoms with Gasteiger partial charge in [-0.1, -0.05) is 41.7 Å². The van der Waals surface area contributed by atoms with Crippen LogP contribution in [-0.2, 0) is 9.53 Å². The van der Waals surface area contributed by atoms with Crippen LogP contribution in [-0.4, -0.2) is 36.3 Å². The Morgan fingerprint density at radius 3 is 2.59 bits per heavy atom. The predicted molar refractivity (Wildman–Crippen MR) is 141 cm³/mol. The highest BCUT2D eigenvalue weighted by atomic mass is 32.1. The van der Waals surface area contributed by atoms with Gasteiger partial charge in [0, 0.05) is 23.0 Å². The fourth-order valence-electron chi connectivity index (χ4n) is 4.36. The SMILES string of the molecule is CCOC(=O)C1=C(c2ccccc2)N=c2s/c(=C\c3ccc[nH]3)c(=O)n2[C@@H]1c1cc(OC)ccc1OC. The summed E-state index contributed by atoms with van der Waals surface area (Å²) in [6.45, 7) is 1.91. The first-order valence-electron chi connectivity index (χ1n) is 11.7. The molecule has 0 spiro atoms. The zero-order valence-corrected chi connectivity index (χ0v) is 21.4. The topological polar surface area (TPSA) is 94.9 Å². The highest BCUT2D eigenvalue weighted by molar-refractivity contribution is 7.07. The number of rotatable bonds is 7. The Morgan fingerprint density at radius 2 is 1.92 bits per heavy atom. The normalized spacial score (nSPS) is 15.2. The number of nitrogens with zero attached hydrogens (tertiary/aromatic N) is 2. The lowest BCUT2D eigenvalue weighted by Crippen LogP contribution is -2.40. The second kappa shape index (κ2) is 10.3. The van der Waals surface area contributed by atoms with E-state index in [2.05, 4.69) is 4.98 Å². The number of carbonyl (C=O) groups excluding carboxylic acids is 1. The van der Waals surface area contributed by atoms with Gasteiger partial charge >= 0.3 is 5.97 Å². The molecule has 8 nitrogen and oxygen atoms in total. The van der Waals surface area contributed by atoms with Gasteiger partial charge in [-0.25, -0.2) is 9.79 Å². The predicted octanol–water partition coefficient (Wildman–Crippen LogP) is 3.28. The first-order chi connectivity index (χ1) is 18.0. The molecule has 0 bridgehead atoms. The monoisotopic (exact) mass is 515 g/mol. The second-order valence-corrected chi connectivity index (χ2v) is 9.17. The van der Waals surface area contributed by atoms with Crippen LogP contribution in [0.2, 0.25) is 0 Å². The second-order valence-electron chi connectivity index (χ2n) is 8.16. The number of hydrogen-bond acceptors (Lipinski definition) is 7. The maximum Gasteiger partial charge on any atom is 0.338 e. The molecule has 5 rings (SSSR count). The zero-order valence-electron chi connectivity index (χ0n) is 20.6. The molecule has 1 aliphatic heterocycles. The van der Waals surface area contributed by atoms with E-state index in [9.17, 15) is 9.59 Å². The molecule has 1 N–H and O–H groups in total. The fourth-order valence-corrected chi connectivity index (χ4v) is 5.35. The van der Waals surface area contributed by atoms with Crippen LogP contribution in [0.1, 0.15) is 29.8 Å². The van der Waals surface area contributed by atoms with Crippen molar-refractivity contribution >= 4 is 29.1 Å². The zero-order chi connectivity index (χ0) is 25.9. The van der Waals surface area contributed by atoms with Crippen LogP contribution in [0.25, 0.3) is 11.8 Å². The van der Waals surface area contributed by atoms with Crippen LogP contribution in [0.15, 0.2) is 82.2 Å². The minimum Gasteiger partial charge on any atom is -0.497 e. The fraction of sp³-hybridized carbons (Fsp3) is 0.179. The van der Waals surface area contributed by atoms with Crippen molar-refractivity contribution in [2.24, 2.45) is 4.99 Å². The minimum atomic E-state index is -0.860. The summed E-state index contributed by atoms with van der Waals surface area (Å²) in [5.74, 6) is 0.505. The van der Waals surface area contributed by atoms with Crippen LogP contribution in [0.4, 0.5) is 0 Å². The van der Waals surface area contributed by atoms with Gasteiger partial charge in [-0.15, -0.1) is 0 Å². The van der Waals surface area contributed by atoms with Crippen molar-refractivity contribution in [1.82, 2.24) is 9.55 Å². The van der Waals surface area contributed by atoms with Crippen molar-refractivity contribution in [2.75, 3.05) is 20.8 Å². The van der Waals surface area contributed by atoms with Gasteiger partial charge in [0.15, 0.2) is 4.80 Å². The molecule has 0 radical (unpaired) electrons. The van der Waals surface area contributed by atoms with Crippen molar-refractivity contribution in [1.29, 1.82) is 0 Å². The highest BCUT2D eigenvalue weighted by Gasteiger charge is 2.37. The first kappa shape index (κ1) is 24.3. The first-order valence-corrected chi connectivity index (χ1v) is 12.5. The van der Waals surface area contributed by atoms with Gasteiger partial charge in [0.1, 0.15) is 17.5 Å². The summed E-state index contributed by atoms with van der Waals surface area (Å²) < 4.78 is 18.7. The molecule has 188 valence electrons. The molecule has 0 saturated heterocycles. The Labute approximate surface area is 216 Å². The molecule has 0 amide bonds. The Balaban J connectivity index is 1.89. The van der Waals surface area contributed by atoms with E-state index in [0.29, 0.717) is 32.1 Å². The average Bonchev–Trinajstić information content (AvgIpc) is 3.55. The van der Waals surface area contributed by atoms with Crippen LogP contribution >= 0.6 is 11.3 Å². The third kappa shape index (κ3) is 4.49. The van der Waals surface area contributed by atoms with Crippen LogP contribution < -0.4 is 24.4 Å². The van der Waals surface area contributed by atoms with E-state index in [-0.39, 0.29) is 17.7 Å². The molecule has 0 aliphatic carbocycles. The third-order valence-electron chi connectivity index (χ3n) is 6.01. The summed E-state index contributed by atoms with van der Waals surface area (Å²) in [6, 6.07) is 17.6. The number of carbonyl (C=O) groups is 1. The summed E-state index contributed by atoms with van der Waals surface area (Å²) in [7, 11) is 3.11. The van der Waals surface area contributed by atoms with E-state index >= 15 is 0 Å². The number of ether oxygens (including phenoxy) is 3. The van der Waals surface area contributed by atoms with Crippen LogP contribution in [0, 0.1) is 0 Å². The summed E-state index contributed by atoms with van der Waals surface area (Å²) >= 11 is 1.26. The Bertz CT molecular complexity index is 1650. The molecule has 3 heterocycles. The van der Waals surface area contributed by atoms with Crippen LogP contribution in [0.5, 0.6) is 11.5 Å². The quantitative estimate of drug-likeness (QED) is 0.381. The molecule has 2 aromatic heterocycles. The summed E-state index contributed by atoms with van der Waals surface area (Å²) in [6.07, 6.45) is 3.57. The number of esters is 1. The van der Waals surface area contributed by atoms with E-state index in [1.54, 1.807) is 51.6 Å². The molecule has 0 saturated carbocycles. The third-order valence-corrected chi connectivity index (χ3v) is 7.00. The van der Waals surface area contributed by atoms with Gasteiger partial charge in [0.05, 0.1) is 36.6 Å². The summed E-state index contributed by atoms with van der Waals surface area (Å²) in [4.78, 5) is 35.8. The smallest absolute Gasteiger partial charge is 0.338 e. The van der Waals surface area contributed by atoms with Crippen molar-refractivity contribution in [2.45, 2.75) is 13.0 Å². The average molecular weight is 516 g/mol. The Morgan fingerprint density at radius 1 is 1.11 bits per heavy atom. The molecule has 2 aromatic carbocycles. The maximum atomic E-state index is 13.9. The lowest BCUT2D eigenvalue weighted by Gasteiger charge is -2.27. The summed E-state index contributed by atoms with van der Waals surface area (Å²) in [5.41, 5.74) is 2.52. The van der Waals surface area contributed by atoms with Crippen molar-refractivity contribution < 1.29 is 19.0 Å². The lowest BCUT2D eigenvalue weighted by molar-refractivity contribution is -0.138. The van der Waals surface area contributed by atoms with Gasteiger partial charge in [-0.2, -0.15) is 0 Å². The minimum absolute atomic E-state index is 0.170. The largest absolute Gasteiger partial charge is 0.497 e. The number of methoxy groups -OCH3 is 2. The maximum absolute atomic E-state index is 13.9. The number of benzene rings is 2. The van der Waals surface area contributed by atoms with Gasteiger partial charge < -0.3 is 19.2 Å². The standard InChI is InChI=1S/C28H25N3O5S/c1-4-36-27(33)23-24(17-9-6-5-7-10-17)30-28-31(26(32)22(37-28)15-18-11-8-14-29-18)25(23)20-16-19(34-2)12-13-21(20)35-3/h5-16,25,29H,4H2,1-3H3/b22-15-/t25-/m1/s1. The Kier molecular flexibility index (Phi) is 6.78. The van der Waals surface area contributed by atoms with E-state index in [4.69, 9.17) is 19.2 Å². The number of aromatic amines is 1. The van der Waals surface area contributed by atoms with E-state index in [1.807, 2.05) is 42.5 Å². The summed E-state index contributed by atoms with van der Waals surface area (Å²) in [5, 5.41) is 0. The number of nitrogens with one attached hydrogen (secondary N) is 1. The molecule has 0 fully saturated rings. The number of thiazole rings is 1. The van der Waals surface area contributed by atoms with Crippen LogP contribution in [0.3, 0.4) is 0 Å². The molecule has 1 aliphatic rings. The lowest BCUT2D eigenvalue weighted by atomic mass is 9.92. The molecular formula is C28H25N3O5S. The molecule has 0 unspecified atom stereocenters. The van der Waals surface area contributed by atoms with Gasteiger partial charge in [0.2, 0.25) is 0 Å². The molecule has 37 heavy (non-hydrogen) atoms. The highest BCUT2D eigenvalue weighted by Crippen LogP contribution is 2.40. The number of aromatic nitrogens is 2. The molecule has 4 aromatic rings. The van der Waals surface area contributed by atoms with E-state index in [1.165, 1.54) is 15.9 Å². The van der Waals surface area contributed by atoms with Crippen molar-refractivity contribution in [3.63, 3.8) is 0 Å². The van der Waals surface area contributed by atoms with Gasteiger partial charge in [-0.05, 0) is 43.3 Å². The number of fused-ring (bicyclic) bond motifs is 1. The molecule has 9 heteroatoms.